The first-order valence-corrected chi connectivity index (χ1v) is 6.81. The van der Waals surface area contributed by atoms with Crippen LogP contribution in [0.5, 0.6) is 11.5 Å². The second-order valence-corrected chi connectivity index (χ2v) is 5.59. The minimum absolute atomic E-state index is 0.355. The molecule has 0 saturated heterocycles. The predicted molar refractivity (Wildman–Crippen MR) is 72.9 cm³/mol. The molecule has 0 fully saturated rings. The minimum atomic E-state index is -1.71. The number of thiophene rings is 1. The maximum atomic E-state index is 11.1. The molecule has 1 rings (SSSR count). The smallest absolute Gasteiger partial charge is 0.312 e. The molecule has 6 N–H and O–H groups in total. The molecule has 0 radical (unpaired) electrons. The first kappa shape index (κ1) is 18.2. The molecule has 0 aliphatic carbocycles. The molecule has 126 valence electrons. The third-order valence-corrected chi connectivity index (χ3v) is 4.29. The van der Waals surface area contributed by atoms with Crippen LogP contribution in [-0.2, 0) is 19.2 Å². The molecule has 0 aliphatic heterocycles. The summed E-state index contributed by atoms with van der Waals surface area (Å²) in [7, 11) is 0. The molecular formula is C12H12O10S. The van der Waals surface area contributed by atoms with Gasteiger partial charge in [0, 0.05) is 0 Å². The quantitative estimate of drug-likeness (QED) is 0.384. The molecule has 0 spiro atoms. The van der Waals surface area contributed by atoms with Gasteiger partial charge in [0.25, 0.3) is 0 Å². The summed E-state index contributed by atoms with van der Waals surface area (Å²) in [5, 5.41) is 55.0. The zero-order valence-electron chi connectivity index (χ0n) is 11.3. The summed E-state index contributed by atoms with van der Waals surface area (Å²) >= 11 is 0.355. The summed E-state index contributed by atoms with van der Waals surface area (Å²) in [5.41, 5.74) is 0. The minimum Gasteiger partial charge on any atom is -0.503 e. The Hall–Kier alpha value is -2.82. The Labute approximate surface area is 131 Å². The van der Waals surface area contributed by atoms with Gasteiger partial charge in [0.05, 0.1) is 22.6 Å². The van der Waals surface area contributed by atoms with Gasteiger partial charge in [0.15, 0.2) is 11.5 Å². The van der Waals surface area contributed by atoms with E-state index in [0.29, 0.717) is 11.3 Å². The Kier molecular flexibility index (Phi) is 5.52. The highest BCUT2D eigenvalue weighted by Crippen LogP contribution is 2.48. The summed E-state index contributed by atoms with van der Waals surface area (Å²) in [6, 6.07) is 0. The van der Waals surface area contributed by atoms with Crippen molar-refractivity contribution in [2.24, 2.45) is 0 Å². The fraction of sp³-hybridized carbons (Fsp3) is 0.333. The topological polar surface area (TPSA) is 190 Å². The Bertz CT molecular complexity index is 607. The summed E-state index contributed by atoms with van der Waals surface area (Å²) in [5.74, 6) is -11.5. The molecule has 2 unspecified atom stereocenters. The predicted octanol–water partition coefficient (Wildman–Crippen LogP) is 0.445. The number of carbonyl (C=O) groups is 4. The van der Waals surface area contributed by atoms with Crippen molar-refractivity contribution >= 4 is 35.2 Å². The zero-order valence-corrected chi connectivity index (χ0v) is 12.1. The van der Waals surface area contributed by atoms with E-state index >= 15 is 0 Å². The van der Waals surface area contributed by atoms with Gasteiger partial charge in [-0.25, -0.2) is 0 Å². The number of hydrogen-bond acceptors (Lipinski definition) is 7. The molecule has 2 atom stereocenters. The molecule has 1 heterocycles. The zero-order chi connectivity index (χ0) is 17.9. The second-order valence-electron chi connectivity index (χ2n) is 4.51. The molecule has 11 heteroatoms. The maximum absolute atomic E-state index is 11.1. The van der Waals surface area contributed by atoms with Crippen LogP contribution in [0.25, 0.3) is 0 Å². The highest BCUT2D eigenvalue weighted by atomic mass is 32.1. The molecule has 0 bridgehead atoms. The van der Waals surface area contributed by atoms with Crippen molar-refractivity contribution < 1.29 is 49.8 Å². The first-order chi connectivity index (χ1) is 10.6. The Morgan fingerprint density at radius 1 is 0.739 bits per heavy atom. The highest BCUT2D eigenvalue weighted by molar-refractivity contribution is 7.13. The van der Waals surface area contributed by atoms with E-state index in [4.69, 9.17) is 20.4 Å². The molecule has 23 heavy (non-hydrogen) atoms. The summed E-state index contributed by atoms with van der Waals surface area (Å²) in [4.78, 5) is 42.8. The molecule has 1 aromatic heterocycles. The number of carboxylic acids is 4. The van der Waals surface area contributed by atoms with Crippen molar-refractivity contribution in [1.29, 1.82) is 0 Å². The highest BCUT2D eigenvalue weighted by Gasteiger charge is 2.35. The average Bonchev–Trinajstić information content (AvgIpc) is 2.69. The van der Waals surface area contributed by atoms with Gasteiger partial charge in [-0.1, -0.05) is 0 Å². The number of aliphatic carboxylic acids is 4. The molecule has 10 nitrogen and oxygen atoms in total. The van der Waals surface area contributed by atoms with E-state index in [1.165, 1.54) is 0 Å². The van der Waals surface area contributed by atoms with Crippen LogP contribution in [0, 0.1) is 0 Å². The normalized spacial score (nSPS) is 13.2. The molecule has 0 saturated carbocycles. The molecule has 0 amide bonds. The van der Waals surface area contributed by atoms with Gasteiger partial charge in [-0.15, -0.1) is 11.3 Å². The lowest BCUT2D eigenvalue weighted by molar-refractivity contribution is -0.145. The molecule has 1 aromatic rings. The number of aromatic hydroxyl groups is 2. The van der Waals surface area contributed by atoms with Crippen molar-refractivity contribution in [2.75, 3.05) is 0 Å². The third kappa shape index (κ3) is 4.10. The molecule has 0 aliphatic rings. The summed E-state index contributed by atoms with van der Waals surface area (Å²) in [6.45, 7) is 0. The third-order valence-electron chi connectivity index (χ3n) is 2.90. The molecular weight excluding hydrogens is 336 g/mol. The lowest BCUT2D eigenvalue weighted by Gasteiger charge is -2.08. The van der Waals surface area contributed by atoms with Crippen molar-refractivity contribution in [2.45, 2.75) is 24.7 Å². The van der Waals surface area contributed by atoms with E-state index in [-0.39, 0.29) is 0 Å². The standard InChI is InChI=1S/C12H12O10S/c13-5(14)1-3(11(19)20)9-7(17)8(18)10(23-9)4(12(21)22)2-6(15)16/h3-4,17-18H,1-2H2,(H,13,14)(H,15,16)(H,19,20)(H,21,22). The average molecular weight is 348 g/mol. The van der Waals surface area contributed by atoms with Crippen molar-refractivity contribution in [3.8, 4) is 11.5 Å². The van der Waals surface area contributed by atoms with E-state index in [2.05, 4.69) is 0 Å². The van der Waals surface area contributed by atoms with Gasteiger partial charge in [0.2, 0.25) is 0 Å². The number of hydrogen-bond donors (Lipinski definition) is 6. The van der Waals surface area contributed by atoms with Gasteiger partial charge >= 0.3 is 23.9 Å². The summed E-state index contributed by atoms with van der Waals surface area (Å²) < 4.78 is 0. The van der Waals surface area contributed by atoms with Crippen LogP contribution < -0.4 is 0 Å². The lowest BCUT2D eigenvalue weighted by atomic mass is 10.0. The van der Waals surface area contributed by atoms with Crippen LogP contribution in [0.15, 0.2) is 0 Å². The van der Waals surface area contributed by atoms with Crippen LogP contribution in [0.3, 0.4) is 0 Å². The van der Waals surface area contributed by atoms with E-state index in [1.54, 1.807) is 0 Å². The van der Waals surface area contributed by atoms with Crippen molar-refractivity contribution in [3.05, 3.63) is 9.75 Å². The van der Waals surface area contributed by atoms with E-state index < -0.39 is 69.8 Å². The van der Waals surface area contributed by atoms with E-state index in [1.807, 2.05) is 0 Å². The molecule has 0 aromatic carbocycles. The largest absolute Gasteiger partial charge is 0.503 e. The van der Waals surface area contributed by atoms with Crippen molar-refractivity contribution in [1.82, 2.24) is 0 Å². The number of rotatable bonds is 8. The van der Waals surface area contributed by atoms with Gasteiger partial charge in [-0.05, 0) is 0 Å². The van der Waals surface area contributed by atoms with Gasteiger partial charge in [-0.2, -0.15) is 0 Å². The lowest BCUT2D eigenvalue weighted by Crippen LogP contribution is -2.15. The van der Waals surface area contributed by atoms with E-state index in [0.717, 1.165) is 0 Å². The SMILES string of the molecule is O=C(O)CC(C(=O)O)c1sc(C(CC(=O)O)C(=O)O)c(O)c1O. The fourth-order valence-electron chi connectivity index (χ4n) is 1.85. The Morgan fingerprint density at radius 2 is 1.04 bits per heavy atom. The fourth-order valence-corrected chi connectivity index (χ4v) is 3.13. The van der Waals surface area contributed by atoms with Crippen molar-refractivity contribution in [3.63, 3.8) is 0 Å². The van der Waals surface area contributed by atoms with Gasteiger partial charge in [-0.3, -0.25) is 19.2 Å². The van der Waals surface area contributed by atoms with Crippen LogP contribution in [0.2, 0.25) is 0 Å². The van der Waals surface area contributed by atoms with Gasteiger partial charge < -0.3 is 30.6 Å². The maximum Gasteiger partial charge on any atom is 0.312 e. The first-order valence-electron chi connectivity index (χ1n) is 5.99. The van der Waals surface area contributed by atoms with Crippen LogP contribution in [0.1, 0.15) is 34.4 Å². The monoisotopic (exact) mass is 348 g/mol. The van der Waals surface area contributed by atoms with E-state index in [9.17, 15) is 29.4 Å². The van der Waals surface area contributed by atoms with Crippen LogP contribution >= 0.6 is 11.3 Å². The number of carboxylic acid groups (broad SMARTS) is 4. The van der Waals surface area contributed by atoms with Crippen LogP contribution in [0.4, 0.5) is 0 Å². The Balaban J connectivity index is 3.38. The van der Waals surface area contributed by atoms with Crippen LogP contribution in [-0.4, -0.2) is 54.5 Å². The second kappa shape index (κ2) is 6.96. The van der Waals surface area contributed by atoms with Gasteiger partial charge in [0.1, 0.15) is 11.8 Å². The summed E-state index contributed by atoms with van der Waals surface area (Å²) in [6.07, 6.45) is -1.81. The Morgan fingerprint density at radius 3 is 1.26 bits per heavy atom.